The lowest BCUT2D eigenvalue weighted by Gasteiger charge is -2.18. The van der Waals surface area contributed by atoms with Crippen LogP contribution in [-0.2, 0) is 4.43 Å². The molecule has 0 fully saturated rings. The number of hydrogen-bond donors (Lipinski definition) is 0. The van der Waals surface area contributed by atoms with Crippen molar-refractivity contribution in [3.63, 3.8) is 0 Å². The Morgan fingerprint density at radius 1 is 1.07 bits per heavy atom. The summed E-state index contributed by atoms with van der Waals surface area (Å²) in [4.78, 5) is 0. The minimum atomic E-state index is -0.494. The minimum Gasteiger partial charge on any atom is -0.551 e. The Hall–Kier alpha value is -1.02. The van der Waals surface area contributed by atoms with Gasteiger partial charge in [-0.1, -0.05) is 45.0 Å². The smallest absolute Gasteiger partial charge is 0.224 e. The van der Waals surface area contributed by atoms with Gasteiger partial charge < -0.3 is 4.43 Å². The number of allylic oxidation sites excluding steroid dienone is 1. The van der Waals surface area contributed by atoms with Gasteiger partial charge in [-0.3, -0.25) is 0 Å². The van der Waals surface area contributed by atoms with Gasteiger partial charge in [-0.05, 0) is 22.2 Å². The largest absolute Gasteiger partial charge is 0.551 e. The van der Waals surface area contributed by atoms with Gasteiger partial charge in [0.05, 0.1) is 12.2 Å². The molecule has 0 amide bonds. The Morgan fingerprint density at radius 2 is 1.73 bits per heavy atom. The average molecular weight is 217 g/mol. The number of rotatable bonds is 2. The molecule has 0 aliphatic heterocycles. The van der Waals surface area contributed by atoms with Crippen molar-refractivity contribution >= 4 is 15.8 Å². The average Bonchev–Trinajstić information content (AvgIpc) is 2.56. The molecule has 1 aromatic carbocycles. The third kappa shape index (κ3) is 2.72. The van der Waals surface area contributed by atoms with Crippen molar-refractivity contribution in [2.24, 2.45) is 0 Å². The zero-order chi connectivity index (χ0) is 10.9. The molecule has 0 saturated heterocycles. The molecule has 1 aliphatic rings. The van der Waals surface area contributed by atoms with Crippen LogP contribution in [0.3, 0.4) is 0 Å². The van der Waals surface area contributed by atoms with Crippen molar-refractivity contribution in [2.45, 2.75) is 25.8 Å². The van der Waals surface area contributed by atoms with E-state index in [-0.39, 0.29) is 0 Å². The summed E-state index contributed by atoms with van der Waals surface area (Å²) < 4.78 is 5.89. The Kier molecular flexibility index (Phi) is 2.70. The molecule has 0 bridgehead atoms. The van der Waals surface area contributed by atoms with E-state index in [1.165, 1.54) is 11.1 Å². The molecule has 1 nitrogen and oxygen atoms in total. The third-order valence-corrected chi connectivity index (χ3v) is 3.61. The summed E-state index contributed by atoms with van der Waals surface area (Å²) in [5.41, 5.74) is 2.55. The van der Waals surface area contributed by atoms with Crippen LogP contribution >= 0.6 is 0 Å². The number of benzene rings is 1. The second kappa shape index (κ2) is 3.85. The van der Waals surface area contributed by atoms with E-state index in [1.54, 1.807) is 0 Å². The van der Waals surface area contributed by atoms with Crippen LogP contribution in [0, 0.1) is 6.42 Å². The van der Waals surface area contributed by atoms with E-state index in [1.807, 2.05) is 0 Å². The molecule has 2 heteroatoms. The van der Waals surface area contributed by atoms with Gasteiger partial charge in [0.1, 0.15) is 0 Å². The molecule has 0 atom stereocenters. The molecule has 79 valence electrons. The number of fused-ring (bicyclic) bond motifs is 1. The molecule has 1 aromatic rings. The lowest BCUT2D eigenvalue weighted by Crippen LogP contribution is -2.11. The topological polar surface area (TPSA) is 9.23 Å². The van der Waals surface area contributed by atoms with E-state index in [4.69, 9.17) is 4.43 Å². The fourth-order valence-corrected chi connectivity index (χ4v) is 2.27. The maximum Gasteiger partial charge on any atom is 0.224 e. The highest BCUT2D eigenvalue weighted by Crippen LogP contribution is 2.29. The van der Waals surface area contributed by atoms with Crippen molar-refractivity contribution in [1.29, 1.82) is 0 Å². The fourth-order valence-electron chi connectivity index (χ4n) is 1.51. The maximum absolute atomic E-state index is 5.89. The first kappa shape index (κ1) is 10.5. The van der Waals surface area contributed by atoms with Crippen molar-refractivity contribution in [3.05, 3.63) is 47.6 Å². The molecule has 0 N–H and O–H groups in total. The molecule has 2 rings (SSSR count). The van der Waals surface area contributed by atoms with Crippen LogP contribution < -0.4 is 0 Å². The molecular formula is C13H17OSi. The monoisotopic (exact) mass is 217 g/mol. The predicted octanol–water partition coefficient (Wildman–Crippen LogP) is 2.91. The molecular weight excluding hydrogens is 200 g/mol. The van der Waals surface area contributed by atoms with Crippen molar-refractivity contribution in [1.82, 2.24) is 0 Å². The normalized spacial score (nSPS) is 15.5. The van der Waals surface area contributed by atoms with Crippen LogP contribution in [0.25, 0.3) is 6.08 Å². The van der Waals surface area contributed by atoms with Gasteiger partial charge in [0, 0.05) is 0 Å². The van der Waals surface area contributed by atoms with Crippen LogP contribution in [0.15, 0.2) is 30.0 Å². The predicted molar refractivity (Wildman–Crippen MR) is 67.2 cm³/mol. The van der Waals surface area contributed by atoms with Gasteiger partial charge in [0.25, 0.3) is 0 Å². The van der Waals surface area contributed by atoms with Gasteiger partial charge in [-0.15, -0.1) is 0 Å². The van der Waals surface area contributed by atoms with Crippen LogP contribution in [0.4, 0.5) is 0 Å². The second-order valence-corrected chi connectivity index (χ2v) is 7.87. The van der Waals surface area contributed by atoms with Gasteiger partial charge in [0.15, 0.2) is 0 Å². The Morgan fingerprint density at radius 3 is 2.33 bits per heavy atom. The zero-order valence-corrected chi connectivity index (χ0v) is 11.0. The summed E-state index contributed by atoms with van der Waals surface area (Å²) in [5, 5.41) is 0.351. The lowest BCUT2D eigenvalue weighted by molar-refractivity contribution is 0.443. The fraction of sp³-hybridized carbons (Fsp3) is 0.308. The molecule has 1 aliphatic carbocycles. The Balaban J connectivity index is 2.00. The van der Waals surface area contributed by atoms with E-state index in [2.05, 4.69) is 57.5 Å². The molecule has 0 unspecified atom stereocenters. The minimum absolute atomic E-state index is 0.351. The SMILES string of the molecule is CC(C)(C)[SiH2]OC1=Cc2ccccc2[CH]1. The Labute approximate surface area is 94.1 Å². The van der Waals surface area contributed by atoms with Crippen LogP contribution in [0.2, 0.25) is 5.04 Å². The second-order valence-electron chi connectivity index (χ2n) is 5.17. The first-order valence-electron chi connectivity index (χ1n) is 5.33. The van der Waals surface area contributed by atoms with Crippen LogP contribution in [-0.4, -0.2) is 9.76 Å². The maximum atomic E-state index is 5.89. The number of hydrogen-bond acceptors (Lipinski definition) is 1. The first-order valence-corrected chi connectivity index (χ1v) is 6.61. The molecule has 0 heterocycles. The van der Waals surface area contributed by atoms with Crippen LogP contribution in [0.5, 0.6) is 0 Å². The molecule has 0 spiro atoms. The van der Waals surface area contributed by atoms with Crippen molar-refractivity contribution in [2.75, 3.05) is 0 Å². The van der Waals surface area contributed by atoms with E-state index >= 15 is 0 Å². The summed E-state index contributed by atoms with van der Waals surface area (Å²) in [6.45, 7) is 6.71. The summed E-state index contributed by atoms with van der Waals surface area (Å²) in [6, 6.07) is 8.38. The highest BCUT2D eigenvalue weighted by molar-refractivity contribution is 6.32. The van der Waals surface area contributed by atoms with Crippen molar-refractivity contribution in [3.8, 4) is 0 Å². The van der Waals surface area contributed by atoms with Crippen molar-refractivity contribution < 1.29 is 4.43 Å². The summed E-state index contributed by atoms with van der Waals surface area (Å²) >= 11 is 0. The van der Waals surface area contributed by atoms with Gasteiger partial charge in [-0.25, -0.2) is 0 Å². The van der Waals surface area contributed by atoms with E-state index in [0.29, 0.717) is 5.04 Å². The van der Waals surface area contributed by atoms with Gasteiger partial charge in [-0.2, -0.15) is 0 Å². The molecule has 0 saturated carbocycles. The molecule has 0 aromatic heterocycles. The summed E-state index contributed by atoms with van der Waals surface area (Å²) in [5.74, 6) is 1.04. The van der Waals surface area contributed by atoms with E-state index in [0.717, 1.165) is 5.76 Å². The first-order chi connectivity index (χ1) is 7.04. The zero-order valence-electron chi connectivity index (χ0n) is 9.58. The Bertz CT molecular complexity index is 388. The highest BCUT2D eigenvalue weighted by atomic mass is 28.2. The van der Waals surface area contributed by atoms with Crippen LogP contribution in [0.1, 0.15) is 31.9 Å². The molecule has 15 heavy (non-hydrogen) atoms. The quantitative estimate of drug-likeness (QED) is 0.692. The van der Waals surface area contributed by atoms with Gasteiger partial charge >= 0.3 is 0 Å². The van der Waals surface area contributed by atoms with E-state index < -0.39 is 9.76 Å². The van der Waals surface area contributed by atoms with E-state index in [9.17, 15) is 0 Å². The summed E-state index contributed by atoms with van der Waals surface area (Å²) in [6.07, 6.45) is 4.27. The third-order valence-electron chi connectivity index (χ3n) is 2.26. The summed E-state index contributed by atoms with van der Waals surface area (Å²) in [7, 11) is -0.494. The molecule has 1 radical (unpaired) electrons. The standard InChI is InChI=1S/C13H17OSi/c1-13(2,3)15-14-12-8-10-6-4-5-7-11(10)9-12/h4-9H,15H2,1-3H3. The highest BCUT2D eigenvalue weighted by Gasteiger charge is 2.17. The lowest BCUT2D eigenvalue weighted by atomic mass is 10.1. The van der Waals surface area contributed by atoms with Gasteiger partial charge in [0.2, 0.25) is 9.76 Å².